The van der Waals surface area contributed by atoms with Crippen molar-refractivity contribution < 1.29 is 23.1 Å². The van der Waals surface area contributed by atoms with Crippen LogP contribution in [0.15, 0.2) is 30.3 Å². The van der Waals surface area contributed by atoms with Gasteiger partial charge in [0, 0.05) is 0 Å². The van der Waals surface area contributed by atoms with Crippen molar-refractivity contribution in [2.45, 2.75) is 19.4 Å². The number of sulfonamides is 1. The number of benzene rings is 1. The first-order chi connectivity index (χ1) is 9.48. The van der Waals surface area contributed by atoms with Gasteiger partial charge in [0.25, 0.3) is 0 Å². The van der Waals surface area contributed by atoms with E-state index in [9.17, 15) is 18.3 Å². The second kappa shape index (κ2) is 7.98. The maximum absolute atomic E-state index is 11.9. The van der Waals surface area contributed by atoms with Crippen molar-refractivity contribution in [1.29, 1.82) is 0 Å². The molecule has 0 saturated carbocycles. The topological polar surface area (TPSA) is 92.7 Å². The molecule has 0 aromatic heterocycles. The minimum Gasteiger partial charge on any atom is -0.466 e. The van der Waals surface area contributed by atoms with Gasteiger partial charge in [-0.25, -0.2) is 13.1 Å². The molecule has 1 aromatic rings. The fraction of sp³-hybridized carbons (Fsp3) is 0.462. The summed E-state index contributed by atoms with van der Waals surface area (Å²) in [5.74, 6) is -0.923. The van der Waals surface area contributed by atoms with Gasteiger partial charge in [0.2, 0.25) is 10.0 Å². The summed E-state index contributed by atoms with van der Waals surface area (Å²) in [6.07, 6.45) is -0.212. The Bertz CT molecular complexity index is 515. The third kappa shape index (κ3) is 5.68. The first-order valence-corrected chi connectivity index (χ1v) is 7.95. The predicted octanol–water partition coefficient (Wildman–Crippen LogP) is 0.593. The zero-order chi connectivity index (χ0) is 15.0. The third-order valence-corrected chi connectivity index (χ3v) is 3.97. The molecule has 0 aliphatic heterocycles. The third-order valence-electron chi connectivity index (χ3n) is 2.59. The molecule has 0 heterocycles. The number of nitrogens with one attached hydrogen (secondary N) is 1. The van der Waals surface area contributed by atoms with Crippen LogP contribution >= 0.6 is 0 Å². The van der Waals surface area contributed by atoms with Crippen LogP contribution in [0.3, 0.4) is 0 Å². The van der Waals surface area contributed by atoms with E-state index in [4.69, 9.17) is 0 Å². The Morgan fingerprint density at radius 3 is 2.55 bits per heavy atom. The first kappa shape index (κ1) is 16.6. The molecule has 1 aromatic carbocycles. The molecule has 7 heteroatoms. The lowest BCUT2D eigenvalue weighted by Crippen LogP contribution is -2.33. The summed E-state index contributed by atoms with van der Waals surface area (Å²) in [7, 11) is -3.67. The van der Waals surface area contributed by atoms with Gasteiger partial charge < -0.3 is 9.84 Å². The Morgan fingerprint density at radius 1 is 1.35 bits per heavy atom. The highest BCUT2D eigenvalue weighted by atomic mass is 32.2. The molecule has 0 saturated heterocycles. The molecule has 0 bridgehead atoms. The highest BCUT2D eigenvalue weighted by molar-refractivity contribution is 7.89. The van der Waals surface area contributed by atoms with Crippen molar-refractivity contribution in [3.05, 3.63) is 35.9 Å². The van der Waals surface area contributed by atoms with E-state index in [1.165, 1.54) is 0 Å². The number of carbonyl (C=O) groups excluding carboxylic acids is 1. The molecule has 0 fully saturated rings. The highest BCUT2D eigenvalue weighted by Crippen LogP contribution is 2.13. The van der Waals surface area contributed by atoms with Crippen LogP contribution < -0.4 is 4.72 Å². The fourth-order valence-electron chi connectivity index (χ4n) is 1.62. The van der Waals surface area contributed by atoms with Crippen molar-refractivity contribution in [2.24, 2.45) is 0 Å². The monoisotopic (exact) mass is 301 g/mol. The Kier molecular flexibility index (Phi) is 6.63. The van der Waals surface area contributed by atoms with Crippen molar-refractivity contribution in [3.8, 4) is 0 Å². The molecule has 0 aliphatic carbocycles. The SMILES string of the molecule is CCOC(=O)CCS(=O)(=O)N[C@H](CO)c1ccccc1. The summed E-state index contributed by atoms with van der Waals surface area (Å²) in [6.45, 7) is 1.51. The Labute approximate surface area is 118 Å². The average Bonchev–Trinajstić information content (AvgIpc) is 2.44. The van der Waals surface area contributed by atoms with Crippen LogP contribution in [0.5, 0.6) is 0 Å². The van der Waals surface area contributed by atoms with Crippen molar-refractivity contribution in [1.82, 2.24) is 4.72 Å². The molecule has 1 atom stereocenters. The van der Waals surface area contributed by atoms with Gasteiger partial charge in [-0.2, -0.15) is 0 Å². The number of aliphatic hydroxyl groups excluding tert-OH is 1. The number of hydrogen-bond donors (Lipinski definition) is 2. The largest absolute Gasteiger partial charge is 0.466 e. The lowest BCUT2D eigenvalue weighted by atomic mass is 10.1. The molecule has 0 spiro atoms. The van der Waals surface area contributed by atoms with E-state index in [1.54, 1.807) is 37.3 Å². The van der Waals surface area contributed by atoms with Gasteiger partial charge in [-0.15, -0.1) is 0 Å². The molecule has 6 nitrogen and oxygen atoms in total. The standard InChI is InChI=1S/C13H19NO5S/c1-2-19-13(16)8-9-20(17,18)14-12(10-15)11-6-4-3-5-7-11/h3-7,12,14-15H,2,8-10H2,1H3/t12-/m1/s1. The molecule has 0 radical (unpaired) electrons. The van der Waals surface area contributed by atoms with E-state index >= 15 is 0 Å². The molecule has 0 unspecified atom stereocenters. The molecule has 112 valence electrons. The van der Waals surface area contributed by atoms with Crippen LogP contribution in [0, 0.1) is 0 Å². The van der Waals surface area contributed by atoms with Crippen molar-refractivity contribution >= 4 is 16.0 Å². The molecular weight excluding hydrogens is 282 g/mol. The molecule has 0 amide bonds. The van der Waals surface area contributed by atoms with E-state index in [1.807, 2.05) is 0 Å². The Balaban J connectivity index is 2.62. The normalized spacial score (nSPS) is 12.9. The van der Waals surface area contributed by atoms with Gasteiger partial charge in [0.1, 0.15) is 0 Å². The number of aliphatic hydroxyl groups is 1. The summed E-state index contributed by atoms with van der Waals surface area (Å²) in [4.78, 5) is 11.2. The Morgan fingerprint density at radius 2 is 2.00 bits per heavy atom. The van der Waals surface area contributed by atoms with Gasteiger partial charge in [-0.3, -0.25) is 4.79 Å². The number of ether oxygens (including phenoxy) is 1. The fourth-order valence-corrected chi connectivity index (χ4v) is 2.82. The van der Waals surface area contributed by atoms with Crippen LogP contribution in [-0.4, -0.2) is 38.5 Å². The van der Waals surface area contributed by atoms with Crippen LogP contribution in [-0.2, 0) is 19.6 Å². The minimum absolute atomic E-state index is 0.212. The van der Waals surface area contributed by atoms with Crippen LogP contribution in [0.1, 0.15) is 24.9 Å². The zero-order valence-corrected chi connectivity index (χ0v) is 12.1. The van der Waals surface area contributed by atoms with Crippen molar-refractivity contribution in [3.63, 3.8) is 0 Å². The molecule has 1 rings (SSSR count). The number of esters is 1. The van der Waals surface area contributed by atoms with Crippen LogP contribution in [0.25, 0.3) is 0 Å². The molecule has 0 aliphatic rings. The van der Waals surface area contributed by atoms with E-state index in [-0.39, 0.29) is 25.4 Å². The summed E-state index contributed by atoms with van der Waals surface area (Å²) in [5, 5.41) is 9.29. The maximum atomic E-state index is 11.9. The quantitative estimate of drug-likeness (QED) is 0.686. The van der Waals surface area contributed by atoms with Gasteiger partial charge in [-0.1, -0.05) is 30.3 Å². The molecular formula is C13H19NO5S. The van der Waals surface area contributed by atoms with Crippen LogP contribution in [0.4, 0.5) is 0 Å². The second-order valence-corrected chi connectivity index (χ2v) is 6.01. The lowest BCUT2D eigenvalue weighted by molar-refractivity contribution is -0.142. The van der Waals surface area contributed by atoms with E-state index in [0.717, 1.165) is 0 Å². The van der Waals surface area contributed by atoms with Gasteiger partial charge in [0.05, 0.1) is 31.4 Å². The number of hydrogen-bond acceptors (Lipinski definition) is 5. The lowest BCUT2D eigenvalue weighted by Gasteiger charge is -2.16. The van der Waals surface area contributed by atoms with E-state index < -0.39 is 22.0 Å². The highest BCUT2D eigenvalue weighted by Gasteiger charge is 2.20. The maximum Gasteiger partial charge on any atom is 0.306 e. The summed E-state index contributed by atoms with van der Waals surface area (Å²) < 4.78 is 30.7. The minimum atomic E-state index is -3.67. The zero-order valence-electron chi connectivity index (χ0n) is 11.3. The average molecular weight is 301 g/mol. The van der Waals surface area contributed by atoms with Gasteiger partial charge >= 0.3 is 5.97 Å². The van der Waals surface area contributed by atoms with Crippen molar-refractivity contribution in [2.75, 3.05) is 19.0 Å². The van der Waals surface area contributed by atoms with E-state index in [0.29, 0.717) is 5.56 Å². The number of carbonyl (C=O) groups is 1. The van der Waals surface area contributed by atoms with Gasteiger partial charge in [0.15, 0.2) is 0 Å². The van der Waals surface area contributed by atoms with E-state index in [2.05, 4.69) is 9.46 Å². The van der Waals surface area contributed by atoms with Crippen LogP contribution in [0.2, 0.25) is 0 Å². The first-order valence-electron chi connectivity index (χ1n) is 6.30. The smallest absolute Gasteiger partial charge is 0.306 e. The second-order valence-electron chi connectivity index (χ2n) is 4.14. The Hall–Kier alpha value is -1.44. The van der Waals surface area contributed by atoms with Gasteiger partial charge in [-0.05, 0) is 12.5 Å². The summed E-state index contributed by atoms with van der Waals surface area (Å²) in [5.41, 5.74) is 0.662. The number of rotatable bonds is 8. The summed E-state index contributed by atoms with van der Waals surface area (Å²) in [6, 6.07) is 8.02. The predicted molar refractivity (Wildman–Crippen MR) is 74.4 cm³/mol. The molecule has 2 N–H and O–H groups in total. The molecule has 20 heavy (non-hydrogen) atoms. The summed E-state index contributed by atoms with van der Waals surface area (Å²) >= 11 is 0.